The van der Waals surface area contributed by atoms with Crippen molar-refractivity contribution in [3.8, 4) is 5.75 Å². The van der Waals surface area contributed by atoms with Gasteiger partial charge in [-0.25, -0.2) is 14.4 Å². The molecule has 1 aliphatic carbocycles. The van der Waals surface area contributed by atoms with E-state index in [1.54, 1.807) is 30.5 Å². The maximum Gasteiger partial charge on any atom is 0.255 e. The quantitative estimate of drug-likeness (QED) is 0.0743. The van der Waals surface area contributed by atoms with Crippen LogP contribution in [0.1, 0.15) is 85.0 Å². The second kappa shape index (κ2) is 19.2. The second-order valence-corrected chi connectivity index (χ2v) is 16.5. The highest BCUT2D eigenvalue weighted by Gasteiger charge is 2.43. The number of amides is 4. The summed E-state index contributed by atoms with van der Waals surface area (Å²) in [6.07, 6.45) is 6.40. The number of hydrogen-bond donors (Lipinski definition) is 3. The molecule has 0 bridgehead atoms. The zero-order valence-corrected chi connectivity index (χ0v) is 34.0. The van der Waals surface area contributed by atoms with Crippen molar-refractivity contribution in [1.82, 2.24) is 25.5 Å². The summed E-state index contributed by atoms with van der Waals surface area (Å²) in [5, 5.41) is 11.3. The van der Waals surface area contributed by atoms with Crippen molar-refractivity contribution in [3.05, 3.63) is 99.4 Å². The van der Waals surface area contributed by atoms with Crippen LogP contribution in [-0.2, 0) is 43.3 Å². The van der Waals surface area contributed by atoms with Gasteiger partial charge in [-0.2, -0.15) is 0 Å². The summed E-state index contributed by atoms with van der Waals surface area (Å²) in [5.74, 6) is -1.04. The van der Waals surface area contributed by atoms with Gasteiger partial charge in [-0.3, -0.25) is 29.3 Å². The van der Waals surface area contributed by atoms with E-state index in [1.807, 2.05) is 29.6 Å². The zero-order chi connectivity index (χ0) is 41.4. The number of benzene rings is 2. The van der Waals surface area contributed by atoms with Gasteiger partial charge in [0, 0.05) is 61.8 Å². The van der Waals surface area contributed by atoms with E-state index >= 15 is 0 Å². The van der Waals surface area contributed by atoms with Crippen LogP contribution in [0, 0.1) is 11.2 Å². The van der Waals surface area contributed by atoms with E-state index in [2.05, 4.69) is 20.9 Å². The van der Waals surface area contributed by atoms with Crippen molar-refractivity contribution >= 4 is 63.3 Å². The minimum atomic E-state index is -0.752. The van der Waals surface area contributed by atoms with Gasteiger partial charge in [-0.15, -0.1) is 11.3 Å². The number of nitrogens with zero attached hydrogens (tertiary/aromatic N) is 3. The summed E-state index contributed by atoms with van der Waals surface area (Å²) < 4.78 is 26.3. The Labute approximate surface area is 350 Å². The van der Waals surface area contributed by atoms with E-state index in [0.29, 0.717) is 75.9 Å². The second-order valence-electron chi connectivity index (χ2n) is 15.2. The summed E-state index contributed by atoms with van der Waals surface area (Å²) >= 11 is 7.44. The van der Waals surface area contributed by atoms with Crippen LogP contribution in [0.15, 0.2) is 66.2 Å². The van der Waals surface area contributed by atoms with Gasteiger partial charge in [0.05, 0.1) is 16.5 Å². The van der Waals surface area contributed by atoms with E-state index < -0.39 is 23.2 Å². The van der Waals surface area contributed by atoms with Crippen LogP contribution >= 0.6 is 22.9 Å². The fourth-order valence-corrected chi connectivity index (χ4v) is 8.73. The maximum absolute atomic E-state index is 14.6. The monoisotopic (exact) mass is 844 g/mol. The number of ether oxygens (including phenoxy) is 2. The predicted molar refractivity (Wildman–Crippen MR) is 219 cm³/mol. The first-order chi connectivity index (χ1) is 28.6. The van der Waals surface area contributed by atoms with Crippen LogP contribution in [0.4, 0.5) is 15.3 Å². The van der Waals surface area contributed by atoms with Gasteiger partial charge in [0.1, 0.15) is 18.5 Å². The fraction of sp³-hybridized carbons (Fsp3) is 0.419. The number of ketones is 1. The SMILES string of the molecule is O=C(CCc1cccc2c1CN(C1CCC(=O)NC1=O)C2=O)COCCCCNC(=O)[C@]1(Cc2cccc(Nc3nccs3)n2)CC[C@@H](Oc2cccc(Cl)c2F)CC1. The molecule has 13 nitrogen and oxygen atoms in total. The summed E-state index contributed by atoms with van der Waals surface area (Å²) in [4.78, 5) is 74.5. The minimum absolute atomic E-state index is 0.00496. The molecule has 4 heterocycles. The van der Waals surface area contributed by atoms with Crippen molar-refractivity contribution in [2.75, 3.05) is 25.1 Å². The third-order valence-electron chi connectivity index (χ3n) is 11.2. The number of carbonyl (C=O) groups is 5. The number of rotatable bonds is 18. The lowest BCUT2D eigenvalue weighted by atomic mass is 9.69. The van der Waals surface area contributed by atoms with Crippen LogP contribution in [-0.4, -0.2) is 76.2 Å². The number of piperidine rings is 1. The number of imide groups is 1. The number of aryl methyl sites for hydroxylation is 1. The van der Waals surface area contributed by atoms with Crippen LogP contribution in [0.25, 0.3) is 0 Å². The number of unbranched alkanes of at least 4 members (excludes halogenated alkanes) is 1. The molecule has 0 radical (unpaired) electrons. The molecule has 3 aliphatic rings. The number of nitrogens with one attached hydrogen (secondary N) is 3. The Kier molecular flexibility index (Phi) is 13.6. The Bertz CT molecular complexity index is 2180. The van der Waals surface area contributed by atoms with Crippen molar-refractivity contribution in [2.24, 2.45) is 5.41 Å². The predicted octanol–water partition coefficient (Wildman–Crippen LogP) is 6.50. The topological polar surface area (TPSA) is 169 Å². The van der Waals surface area contributed by atoms with Crippen LogP contribution in [0.5, 0.6) is 5.75 Å². The molecule has 59 heavy (non-hydrogen) atoms. The molecule has 1 saturated heterocycles. The lowest BCUT2D eigenvalue weighted by Gasteiger charge is -2.39. The summed E-state index contributed by atoms with van der Waals surface area (Å²) in [5.41, 5.74) is 2.21. The summed E-state index contributed by atoms with van der Waals surface area (Å²) in [6.45, 7) is 0.995. The molecule has 16 heteroatoms. The highest BCUT2D eigenvalue weighted by atomic mass is 35.5. The average molecular weight is 845 g/mol. The lowest BCUT2D eigenvalue weighted by Crippen LogP contribution is -2.52. The van der Waals surface area contributed by atoms with Gasteiger partial charge in [0.2, 0.25) is 17.7 Å². The molecule has 2 aliphatic heterocycles. The molecule has 2 aromatic heterocycles. The number of thiazole rings is 1. The fourth-order valence-electron chi connectivity index (χ4n) is 8.02. The van der Waals surface area contributed by atoms with Crippen molar-refractivity contribution in [3.63, 3.8) is 0 Å². The number of anilines is 2. The average Bonchev–Trinajstić information content (AvgIpc) is 3.86. The molecule has 310 valence electrons. The number of carbonyl (C=O) groups excluding carboxylic acids is 5. The van der Waals surface area contributed by atoms with Gasteiger partial charge in [-0.05, 0) is 92.8 Å². The molecule has 1 saturated carbocycles. The van der Waals surface area contributed by atoms with Crippen molar-refractivity contribution in [2.45, 2.75) is 89.3 Å². The molecule has 1 atom stereocenters. The van der Waals surface area contributed by atoms with E-state index in [-0.39, 0.29) is 72.8 Å². The normalized spacial score (nSPS) is 20.2. The Morgan fingerprint density at radius 2 is 1.85 bits per heavy atom. The van der Waals surface area contributed by atoms with Crippen molar-refractivity contribution in [1.29, 1.82) is 0 Å². The first kappa shape index (κ1) is 41.9. The van der Waals surface area contributed by atoms with Crippen LogP contribution in [0.2, 0.25) is 5.02 Å². The van der Waals surface area contributed by atoms with Gasteiger partial charge < -0.3 is 25.0 Å². The molecular weight excluding hydrogens is 799 g/mol. The first-order valence-electron chi connectivity index (χ1n) is 19.9. The van der Waals surface area contributed by atoms with Crippen LogP contribution < -0.4 is 20.7 Å². The highest BCUT2D eigenvalue weighted by Crippen LogP contribution is 2.41. The molecule has 3 N–H and O–H groups in total. The Morgan fingerprint density at radius 1 is 1.03 bits per heavy atom. The molecule has 4 aromatic rings. The van der Waals surface area contributed by atoms with E-state index in [9.17, 15) is 28.4 Å². The van der Waals surface area contributed by atoms with E-state index in [1.165, 1.54) is 22.3 Å². The van der Waals surface area contributed by atoms with E-state index in [0.717, 1.165) is 22.0 Å². The maximum atomic E-state index is 14.6. The standard InChI is InChI=1S/C43H46ClFN6O7S/c44-33-9-5-10-35(38(33)45)58-30-16-18-43(19-17-30,24-28-7-4-11-36(48-28)49-42-47-21-23-59-42)41(56)46-20-1-2-22-57-26-29(52)13-12-27-6-3-8-31-32(27)25-51(40(31)55)34-14-15-37(53)50-39(34)54/h3-11,21,23,30,34H,1-2,12-20,22,24-26H2,(H,46,56)(H,47,48,49)(H,50,53,54)/t30-,34?,43-. The molecule has 1 unspecified atom stereocenters. The summed E-state index contributed by atoms with van der Waals surface area (Å²) in [6, 6.07) is 15.1. The minimum Gasteiger partial charge on any atom is -0.487 e. The number of hydrogen-bond acceptors (Lipinski definition) is 11. The van der Waals surface area contributed by atoms with Crippen LogP contribution in [0.3, 0.4) is 0 Å². The molecule has 0 spiro atoms. The number of fused-ring (bicyclic) bond motifs is 1. The first-order valence-corrected chi connectivity index (χ1v) is 21.2. The number of halogens is 2. The van der Waals surface area contributed by atoms with Gasteiger partial charge in [-0.1, -0.05) is 35.9 Å². The highest BCUT2D eigenvalue weighted by molar-refractivity contribution is 7.13. The van der Waals surface area contributed by atoms with Crippen molar-refractivity contribution < 1.29 is 37.8 Å². The number of Topliss-reactive ketones (excluding diaryl/α,β-unsaturated/α-hetero) is 1. The Balaban J connectivity index is 0.865. The van der Waals surface area contributed by atoms with Gasteiger partial charge in [0.15, 0.2) is 22.5 Å². The van der Waals surface area contributed by atoms with Gasteiger partial charge in [0.25, 0.3) is 5.91 Å². The number of aromatic nitrogens is 2. The third kappa shape index (κ3) is 10.3. The zero-order valence-electron chi connectivity index (χ0n) is 32.5. The number of pyridine rings is 1. The lowest BCUT2D eigenvalue weighted by molar-refractivity contribution is -0.137. The van der Waals surface area contributed by atoms with Gasteiger partial charge >= 0.3 is 0 Å². The Morgan fingerprint density at radius 3 is 2.64 bits per heavy atom. The molecule has 7 rings (SSSR count). The smallest absolute Gasteiger partial charge is 0.255 e. The molecule has 4 amide bonds. The molecule has 2 aromatic carbocycles. The summed E-state index contributed by atoms with van der Waals surface area (Å²) in [7, 11) is 0. The Hall–Kier alpha value is -5.25. The molecule has 2 fully saturated rings. The third-order valence-corrected chi connectivity index (χ3v) is 12.2. The molecular formula is C43H46ClFN6O7S. The van der Waals surface area contributed by atoms with E-state index in [4.69, 9.17) is 26.1 Å². The largest absolute Gasteiger partial charge is 0.487 e.